The Morgan fingerprint density at radius 1 is 1.02 bits per heavy atom. The summed E-state index contributed by atoms with van der Waals surface area (Å²) in [5.74, 6) is 4.67. The van der Waals surface area contributed by atoms with Crippen molar-refractivity contribution < 1.29 is 13.9 Å². The van der Waals surface area contributed by atoms with Crippen LogP contribution >= 0.6 is 11.8 Å². The molecule has 1 saturated carbocycles. The summed E-state index contributed by atoms with van der Waals surface area (Å²) >= 11 is 1.52. The number of methoxy groups -OCH3 is 1. The van der Waals surface area contributed by atoms with Gasteiger partial charge in [0.05, 0.1) is 22.2 Å². The monoisotopic (exact) mass is 656 g/mol. The fourth-order valence-corrected chi connectivity index (χ4v) is 13.5. The Morgan fingerprint density at radius 2 is 1.76 bits per heavy atom. The van der Waals surface area contributed by atoms with Crippen LogP contribution in [0.4, 0.5) is 10.2 Å². The Kier molecular flexibility index (Phi) is 9.09. The number of hydrogen-bond donors (Lipinski definition) is 0. The molecule has 0 amide bonds. The third-order valence-electron chi connectivity index (χ3n) is 10.3. The van der Waals surface area contributed by atoms with Crippen molar-refractivity contribution >= 4 is 47.3 Å². The van der Waals surface area contributed by atoms with Crippen LogP contribution in [0, 0.1) is 17.3 Å². The summed E-state index contributed by atoms with van der Waals surface area (Å²) in [7, 11) is -0.539. The number of rotatable bonds is 9. The number of nitrogens with zero attached hydrogens (tertiary/aromatic N) is 4. The van der Waals surface area contributed by atoms with Crippen molar-refractivity contribution in [1.29, 1.82) is 0 Å². The highest BCUT2D eigenvalue weighted by molar-refractivity contribution is 7.98. The van der Waals surface area contributed by atoms with Gasteiger partial charge in [0.15, 0.2) is 11.9 Å². The minimum Gasteiger partial charge on any atom is -0.468 e. The van der Waals surface area contributed by atoms with Gasteiger partial charge in [-0.15, -0.1) is 5.54 Å². The number of ether oxygens (including phenoxy) is 2. The molecule has 6 nitrogen and oxygen atoms in total. The fraction of sp³-hybridized carbons (Fsp3) is 0.486. The average Bonchev–Trinajstić information content (AvgIpc) is 3.69. The number of aromatic nitrogens is 3. The maximum atomic E-state index is 16.1. The van der Waals surface area contributed by atoms with Gasteiger partial charge < -0.3 is 14.4 Å². The van der Waals surface area contributed by atoms with Crippen molar-refractivity contribution in [2.24, 2.45) is 0 Å². The Hall–Kier alpha value is -3.19. The molecule has 3 heterocycles. The van der Waals surface area contributed by atoms with Crippen molar-refractivity contribution in [3.8, 4) is 28.5 Å². The van der Waals surface area contributed by atoms with Crippen LogP contribution < -0.4 is 9.64 Å². The summed E-state index contributed by atoms with van der Waals surface area (Å²) in [6.07, 6.45) is 8.55. The van der Waals surface area contributed by atoms with Gasteiger partial charge in [-0.2, -0.15) is 0 Å². The number of fused-ring (bicyclic) bond motifs is 2. The van der Waals surface area contributed by atoms with Gasteiger partial charge in [0, 0.05) is 36.3 Å². The number of halogens is 1. The van der Waals surface area contributed by atoms with E-state index in [1.54, 1.807) is 7.11 Å². The third kappa shape index (κ3) is 5.67. The van der Waals surface area contributed by atoms with E-state index in [0.29, 0.717) is 33.1 Å². The van der Waals surface area contributed by atoms with Crippen LogP contribution in [0.3, 0.4) is 0 Å². The smallest absolute Gasteiger partial charge is 0.188 e. The summed E-state index contributed by atoms with van der Waals surface area (Å²) < 4.78 is 27.3. The number of anilines is 1. The second-order valence-electron chi connectivity index (χ2n) is 13.8. The van der Waals surface area contributed by atoms with E-state index in [1.165, 1.54) is 37.1 Å². The second kappa shape index (κ2) is 12.8. The molecule has 2 fully saturated rings. The quantitative estimate of drug-likeness (QED) is 0.0585. The molecular formula is C37H45FN4O2SSi. The topological polar surface area (TPSA) is 60.4 Å². The number of benzene rings is 2. The first-order valence-corrected chi connectivity index (χ1v) is 19.9. The van der Waals surface area contributed by atoms with Gasteiger partial charge in [-0.1, -0.05) is 65.3 Å². The van der Waals surface area contributed by atoms with Crippen LogP contribution in [0.15, 0.2) is 41.7 Å². The van der Waals surface area contributed by atoms with Crippen LogP contribution in [0.2, 0.25) is 16.6 Å². The molecule has 1 aliphatic heterocycles. The minimum atomic E-state index is -2.14. The normalized spacial score (nSPS) is 15.9. The maximum absolute atomic E-state index is 16.1. The van der Waals surface area contributed by atoms with Crippen LogP contribution in [0.5, 0.6) is 5.75 Å². The molecule has 2 aliphatic rings. The van der Waals surface area contributed by atoms with Gasteiger partial charge in [-0.05, 0) is 78.2 Å². The first kappa shape index (κ1) is 32.7. The largest absolute Gasteiger partial charge is 0.468 e. The molecule has 0 N–H and O–H groups in total. The lowest BCUT2D eigenvalue weighted by atomic mass is 9.96. The predicted molar refractivity (Wildman–Crippen MR) is 191 cm³/mol. The van der Waals surface area contributed by atoms with E-state index < -0.39 is 8.07 Å². The Bertz CT molecular complexity index is 1820. The molecule has 0 atom stereocenters. The van der Waals surface area contributed by atoms with Crippen LogP contribution in [-0.2, 0) is 4.74 Å². The highest BCUT2D eigenvalue weighted by Gasteiger charge is 2.51. The average molecular weight is 657 g/mol. The molecule has 0 radical (unpaired) electrons. The van der Waals surface area contributed by atoms with Gasteiger partial charge in [-0.3, -0.25) is 0 Å². The lowest BCUT2D eigenvalue weighted by molar-refractivity contribution is 0.0512. The summed E-state index contributed by atoms with van der Waals surface area (Å²) in [6, 6.07) is 9.25. The van der Waals surface area contributed by atoms with E-state index in [-0.39, 0.29) is 18.1 Å². The van der Waals surface area contributed by atoms with Gasteiger partial charge in [0.2, 0.25) is 0 Å². The first-order chi connectivity index (χ1) is 22.0. The summed E-state index contributed by atoms with van der Waals surface area (Å²) in [6.45, 7) is 14.7. The Labute approximate surface area is 277 Å². The Balaban J connectivity index is 1.66. The summed E-state index contributed by atoms with van der Waals surface area (Å²) in [4.78, 5) is 17.4. The van der Waals surface area contributed by atoms with Gasteiger partial charge in [0.1, 0.15) is 25.5 Å². The molecule has 1 aliphatic carbocycles. The van der Waals surface area contributed by atoms with Crippen molar-refractivity contribution in [2.45, 2.75) is 94.5 Å². The van der Waals surface area contributed by atoms with Crippen molar-refractivity contribution in [1.82, 2.24) is 15.0 Å². The van der Waals surface area contributed by atoms with Crippen molar-refractivity contribution in [2.75, 3.05) is 31.6 Å². The molecule has 0 bridgehead atoms. The van der Waals surface area contributed by atoms with E-state index in [1.807, 2.05) is 36.7 Å². The zero-order valence-electron chi connectivity index (χ0n) is 28.3. The molecule has 4 aromatic rings. The molecular weight excluding hydrogens is 612 g/mol. The first-order valence-electron chi connectivity index (χ1n) is 16.5. The van der Waals surface area contributed by atoms with Gasteiger partial charge >= 0.3 is 0 Å². The third-order valence-corrected chi connectivity index (χ3v) is 17.2. The zero-order chi connectivity index (χ0) is 32.8. The van der Waals surface area contributed by atoms with E-state index >= 15 is 4.39 Å². The van der Waals surface area contributed by atoms with Crippen LogP contribution in [0.1, 0.15) is 72.8 Å². The Morgan fingerprint density at radius 3 is 2.41 bits per heavy atom. The summed E-state index contributed by atoms with van der Waals surface area (Å²) in [5, 5.41) is 3.24. The molecule has 2 aromatic carbocycles. The zero-order valence-corrected chi connectivity index (χ0v) is 30.1. The fourth-order valence-electron chi connectivity index (χ4n) is 7.92. The minimum absolute atomic E-state index is 0.0983. The highest BCUT2D eigenvalue weighted by atomic mass is 32.2. The number of hydrogen-bond acceptors (Lipinski definition) is 7. The standard InChI is InChI=1S/C37H45FN4O2SSi/c1-23(2)46(24(3)4,25(5)6)17-12-28-31(38)11-10-26-18-27(44-22-43-7)19-29(34(26)28)32-20-33-30(21-39-36(41-33)45-8)35(40-32)42-16-9-13-37(42)14-15-37/h10-11,18-21,23-25H,9,13-16,22H2,1-8H3. The molecule has 2 aromatic heterocycles. The SMILES string of the molecule is COCOc1cc(-c2cc3nc(SC)ncc3c(N3CCCC34CC4)n2)c2c(C#C[Si](C(C)C)(C(C)C)C(C)C)c(F)ccc2c1. The van der Waals surface area contributed by atoms with E-state index in [0.717, 1.165) is 51.7 Å². The van der Waals surface area contributed by atoms with Crippen LogP contribution in [0.25, 0.3) is 32.9 Å². The number of thioether (sulfide) groups is 1. The lowest BCUT2D eigenvalue weighted by Crippen LogP contribution is -2.43. The van der Waals surface area contributed by atoms with Gasteiger partial charge in [0.25, 0.3) is 0 Å². The molecule has 0 unspecified atom stereocenters. The molecule has 1 saturated heterocycles. The molecule has 9 heteroatoms. The van der Waals surface area contributed by atoms with Crippen molar-refractivity contribution in [3.05, 3.63) is 47.9 Å². The molecule has 1 spiro atoms. The molecule has 242 valence electrons. The predicted octanol–water partition coefficient (Wildman–Crippen LogP) is 9.39. The summed E-state index contributed by atoms with van der Waals surface area (Å²) in [5.41, 5.74) is 7.96. The number of pyridine rings is 1. The highest BCUT2D eigenvalue weighted by Crippen LogP contribution is 2.52. The van der Waals surface area contributed by atoms with Gasteiger partial charge in [-0.25, -0.2) is 19.3 Å². The van der Waals surface area contributed by atoms with E-state index in [2.05, 4.69) is 62.9 Å². The van der Waals surface area contributed by atoms with Crippen LogP contribution in [-0.4, -0.2) is 55.3 Å². The maximum Gasteiger partial charge on any atom is 0.188 e. The van der Waals surface area contributed by atoms with E-state index in [9.17, 15) is 0 Å². The molecule has 6 rings (SSSR count). The molecule has 46 heavy (non-hydrogen) atoms. The van der Waals surface area contributed by atoms with E-state index in [4.69, 9.17) is 19.4 Å². The van der Waals surface area contributed by atoms with Crippen molar-refractivity contribution in [3.63, 3.8) is 0 Å². The second-order valence-corrected chi connectivity index (χ2v) is 20.1. The lowest BCUT2D eigenvalue weighted by Gasteiger charge is -2.38.